The SMILES string of the molecule is CNc1cc(SCC2(C(=O)O)CS[C@@H]3C(NC(=O)C(=NO)c4csc(N)n4)C(=O)N3C2)nn2nnnc12. The van der Waals surface area contributed by atoms with E-state index in [1.165, 1.54) is 38.4 Å². The number of hydrogen-bond donors (Lipinski definition) is 5. The normalized spacial score (nSPS) is 23.4. The highest BCUT2D eigenvalue weighted by Crippen LogP contribution is 2.44. The van der Waals surface area contributed by atoms with Crippen LogP contribution in [0, 0.1) is 5.41 Å². The third-order valence-corrected chi connectivity index (χ3v) is 9.34. The van der Waals surface area contributed by atoms with Gasteiger partial charge in [-0.05, 0) is 16.5 Å². The fourth-order valence-corrected chi connectivity index (χ4v) is 7.21. The molecule has 3 atom stereocenters. The van der Waals surface area contributed by atoms with Crippen LogP contribution in [0.2, 0.25) is 0 Å². The van der Waals surface area contributed by atoms with Gasteiger partial charge in [0.1, 0.15) is 27.6 Å². The summed E-state index contributed by atoms with van der Waals surface area (Å²) in [6.45, 7) is -0.0339. The minimum Gasteiger partial charge on any atom is -0.481 e. The van der Waals surface area contributed by atoms with Gasteiger partial charge in [0.25, 0.3) is 5.91 Å². The first-order valence-electron chi connectivity index (χ1n) is 10.6. The number of fused-ring (bicyclic) bond motifs is 2. The van der Waals surface area contributed by atoms with E-state index in [0.717, 1.165) is 11.3 Å². The molecular weight excluding hydrogens is 546 g/mol. The summed E-state index contributed by atoms with van der Waals surface area (Å²) in [6.07, 6.45) is 0. The van der Waals surface area contributed by atoms with Crippen molar-refractivity contribution < 1.29 is 24.7 Å². The lowest BCUT2D eigenvalue weighted by atomic mass is 9.89. The number of hydrogen-bond acceptors (Lipinski definition) is 15. The average molecular weight is 566 g/mol. The van der Waals surface area contributed by atoms with Crippen molar-refractivity contribution in [2.75, 3.05) is 36.1 Å². The molecule has 5 heterocycles. The van der Waals surface area contributed by atoms with E-state index in [0.29, 0.717) is 16.4 Å². The Bertz CT molecular complexity index is 1430. The van der Waals surface area contributed by atoms with Crippen LogP contribution >= 0.6 is 34.9 Å². The molecule has 194 valence electrons. The summed E-state index contributed by atoms with van der Waals surface area (Å²) >= 11 is 3.55. The lowest BCUT2D eigenvalue weighted by Gasteiger charge is -2.53. The molecule has 3 aromatic heterocycles. The van der Waals surface area contributed by atoms with Crippen molar-refractivity contribution in [3.63, 3.8) is 0 Å². The molecule has 2 amide bonds. The molecule has 5 rings (SSSR count). The maximum atomic E-state index is 12.9. The van der Waals surface area contributed by atoms with E-state index in [4.69, 9.17) is 5.73 Å². The highest BCUT2D eigenvalue weighted by Gasteiger charge is 2.57. The van der Waals surface area contributed by atoms with Crippen LogP contribution in [0.5, 0.6) is 0 Å². The molecule has 0 bridgehead atoms. The molecule has 16 nitrogen and oxygen atoms in total. The summed E-state index contributed by atoms with van der Waals surface area (Å²) in [4.78, 5) is 43.2. The fourth-order valence-electron chi connectivity index (χ4n) is 3.91. The Kier molecular flexibility index (Phi) is 6.50. The Labute approximate surface area is 220 Å². The molecule has 19 heteroatoms. The molecular formula is C18H19N11O5S3. The molecule has 2 aliphatic heterocycles. The van der Waals surface area contributed by atoms with Crippen LogP contribution in [0.3, 0.4) is 0 Å². The van der Waals surface area contributed by atoms with E-state index in [1.807, 2.05) is 0 Å². The highest BCUT2D eigenvalue weighted by molar-refractivity contribution is 8.00. The molecule has 0 aromatic carbocycles. The Morgan fingerprint density at radius 2 is 2.24 bits per heavy atom. The molecule has 0 saturated carbocycles. The third kappa shape index (κ3) is 4.37. The summed E-state index contributed by atoms with van der Waals surface area (Å²) in [5.41, 5.74) is 5.10. The number of aliphatic carboxylic acids is 1. The molecule has 2 aliphatic rings. The smallest absolute Gasteiger partial charge is 0.313 e. The van der Waals surface area contributed by atoms with Crippen molar-refractivity contribution in [3.8, 4) is 0 Å². The number of thioether (sulfide) groups is 2. The van der Waals surface area contributed by atoms with E-state index in [2.05, 4.69) is 41.4 Å². The van der Waals surface area contributed by atoms with Crippen LogP contribution in [0.1, 0.15) is 5.69 Å². The number of carboxylic acid groups (broad SMARTS) is 1. The minimum absolute atomic E-state index is 0.0339. The molecule has 2 saturated heterocycles. The first kappa shape index (κ1) is 25.0. The number of nitrogens with one attached hydrogen (secondary N) is 2. The average Bonchev–Trinajstić information content (AvgIpc) is 3.54. The molecule has 37 heavy (non-hydrogen) atoms. The molecule has 3 aromatic rings. The second-order valence-electron chi connectivity index (χ2n) is 8.15. The fraction of sp³-hybridized carbons (Fsp3) is 0.389. The van der Waals surface area contributed by atoms with Crippen molar-refractivity contribution in [3.05, 3.63) is 17.1 Å². The van der Waals surface area contributed by atoms with Gasteiger partial charge < -0.3 is 31.6 Å². The number of amides is 2. The predicted molar refractivity (Wildman–Crippen MR) is 134 cm³/mol. The highest BCUT2D eigenvalue weighted by atomic mass is 32.2. The van der Waals surface area contributed by atoms with Crippen LogP contribution < -0.4 is 16.4 Å². The van der Waals surface area contributed by atoms with Gasteiger partial charge in [0.15, 0.2) is 10.8 Å². The zero-order valence-electron chi connectivity index (χ0n) is 18.9. The number of nitrogens with two attached hydrogens (primary N) is 1. The van der Waals surface area contributed by atoms with Crippen LogP contribution in [0.4, 0.5) is 10.8 Å². The Morgan fingerprint density at radius 1 is 1.43 bits per heavy atom. The minimum atomic E-state index is -1.25. The molecule has 6 N–H and O–H groups in total. The molecule has 0 spiro atoms. The van der Waals surface area contributed by atoms with Gasteiger partial charge in [-0.15, -0.1) is 49.7 Å². The number of carbonyl (C=O) groups excluding carboxylic acids is 2. The summed E-state index contributed by atoms with van der Waals surface area (Å²) in [7, 11) is 1.71. The first-order chi connectivity index (χ1) is 17.8. The topological polar surface area (TPSA) is 226 Å². The monoisotopic (exact) mass is 565 g/mol. The number of tetrazole rings is 1. The maximum absolute atomic E-state index is 12.9. The standard InChI is InChI=1S/C18H19N11O5S3/c1-20-7-2-9(24-29-12(7)23-26-27-29)36-5-18(16(32)33)4-28-14(31)11(15(28)37-6-18)22-13(30)10(25-34)8-3-35-17(19)21-8/h2-3,11,15,20,34H,4-6H2,1H3,(H2,19,21)(H,22,30)(H,32,33)/t11?,15-,18?/m1/s1. The van der Waals surface area contributed by atoms with Crippen LogP contribution in [0.15, 0.2) is 21.6 Å². The van der Waals surface area contributed by atoms with Crippen LogP contribution in [-0.4, -0.2) is 105 Å². The number of thiazole rings is 1. The lowest BCUT2D eigenvalue weighted by Crippen LogP contribution is -2.74. The van der Waals surface area contributed by atoms with Gasteiger partial charge in [-0.25, -0.2) is 4.98 Å². The second-order valence-corrected chi connectivity index (χ2v) is 11.1. The number of anilines is 2. The number of β-lactam (4-membered cyclic amide) rings is 1. The van der Waals surface area contributed by atoms with E-state index in [-0.39, 0.29) is 34.6 Å². The number of rotatable bonds is 8. The van der Waals surface area contributed by atoms with Gasteiger partial charge in [-0.3, -0.25) is 14.4 Å². The number of aromatic nitrogens is 6. The van der Waals surface area contributed by atoms with Crippen molar-refractivity contribution in [2.24, 2.45) is 10.6 Å². The Morgan fingerprint density at radius 3 is 2.92 bits per heavy atom. The number of nitrogens with zero attached hydrogens (tertiary/aromatic N) is 8. The second kappa shape index (κ2) is 9.63. The van der Waals surface area contributed by atoms with Crippen LogP contribution in [0.25, 0.3) is 5.65 Å². The van der Waals surface area contributed by atoms with E-state index in [9.17, 15) is 24.7 Å². The molecule has 0 radical (unpaired) electrons. The Hall–Kier alpha value is -3.71. The van der Waals surface area contributed by atoms with E-state index >= 15 is 0 Å². The van der Waals surface area contributed by atoms with Crippen molar-refractivity contribution in [1.29, 1.82) is 0 Å². The van der Waals surface area contributed by atoms with Crippen molar-refractivity contribution in [1.82, 2.24) is 40.5 Å². The zero-order chi connectivity index (χ0) is 26.3. The first-order valence-corrected chi connectivity index (χ1v) is 13.5. The van der Waals surface area contributed by atoms with Crippen LogP contribution in [-0.2, 0) is 14.4 Å². The maximum Gasteiger partial charge on any atom is 0.313 e. The van der Waals surface area contributed by atoms with Gasteiger partial charge in [0, 0.05) is 30.5 Å². The van der Waals surface area contributed by atoms with Gasteiger partial charge in [-0.1, -0.05) is 5.16 Å². The predicted octanol–water partition coefficient (Wildman–Crippen LogP) is -0.959. The van der Waals surface area contributed by atoms with Gasteiger partial charge in [0.2, 0.25) is 11.6 Å². The summed E-state index contributed by atoms with van der Waals surface area (Å²) in [5.74, 6) is -1.92. The number of carbonyl (C=O) groups is 3. The zero-order valence-corrected chi connectivity index (χ0v) is 21.4. The van der Waals surface area contributed by atoms with Crippen molar-refractivity contribution >= 4 is 74.8 Å². The van der Waals surface area contributed by atoms with Gasteiger partial charge in [-0.2, -0.15) is 0 Å². The van der Waals surface area contributed by atoms with Crippen molar-refractivity contribution in [2.45, 2.75) is 16.4 Å². The largest absolute Gasteiger partial charge is 0.481 e. The summed E-state index contributed by atoms with van der Waals surface area (Å²) < 4.78 is 1.25. The van der Waals surface area contributed by atoms with Gasteiger partial charge >= 0.3 is 5.97 Å². The summed E-state index contributed by atoms with van der Waals surface area (Å²) in [5, 5.41) is 45.2. The van der Waals surface area contributed by atoms with Gasteiger partial charge in [0.05, 0.1) is 5.69 Å². The third-order valence-electron chi connectivity index (χ3n) is 5.89. The molecule has 2 unspecified atom stereocenters. The van der Waals surface area contributed by atoms with E-state index < -0.39 is 34.6 Å². The Balaban J connectivity index is 1.26. The lowest BCUT2D eigenvalue weighted by molar-refractivity contribution is -0.157. The molecule has 0 aliphatic carbocycles. The number of carboxylic acids is 1. The number of nitrogen functional groups attached to an aromatic ring is 1. The summed E-state index contributed by atoms with van der Waals surface area (Å²) in [6, 6.07) is 0.827. The molecule has 2 fully saturated rings. The quantitative estimate of drug-likeness (QED) is 0.0729. The van der Waals surface area contributed by atoms with E-state index in [1.54, 1.807) is 13.1 Å². The number of oxime groups is 1.